The van der Waals surface area contributed by atoms with E-state index < -0.39 is 0 Å². The molecule has 2 aliphatic heterocycles. The van der Waals surface area contributed by atoms with Gasteiger partial charge in [-0.05, 0) is 24.8 Å². The first-order valence-corrected chi connectivity index (χ1v) is 10.3. The van der Waals surface area contributed by atoms with Crippen LogP contribution in [0, 0.1) is 5.92 Å². The van der Waals surface area contributed by atoms with Crippen LogP contribution in [0.15, 0.2) is 47.0 Å². The summed E-state index contributed by atoms with van der Waals surface area (Å²) in [6, 6.07) is 10.3. The van der Waals surface area contributed by atoms with E-state index in [0.717, 1.165) is 64.6 Å². The fourth-order valence-electron chi connectivity index (χ4n) is 3.71. The van der Waals surface area contributed by atoms with E-state index in [4.69, 9.17) is 4.74 Å². The van der Waals surface area contributed by atoms with E-state index in [-0.39, 0.29) is 5.91 Å². The van der Waals surface area contributed by atoms with Crippen LogP contribution in [0.5, 0.6) is 0 Å². The van der Waals surface area contributed by atoms with Gasteiger partial charge in [0.2, 0.25) is 5.91 Å². The standard InChI is InChI=1S/C22H32N4O2/c1-23-22(24-11-7-19-9-13-28-14-10-19)25-16-20-15-21(27)26(17-20)12-8-18-5-3-2-4-6-18/h2-6,9,20H,7-8,10-17H2,1H3,(H2,23,24,25). The van der Waals surface area contributed by atoms with Gasteiger partial charge in [0.1, 0.15) is 0 Å². The number of benzene rings is 1. The quantitative estimate of drug-likeness (QED) is 0.409. The highest BCUT2D eigenvalue weighted by Gasteiger charge is 2.29. The van der Waals surface area contributed by atoms with E-state index in [9.17, 15) is 4.79 Å². The number of hydrogen-bond donors (Lipinski definition) is 2. The highest BCUT2D eigenvalue weighted by molar-refractivity contribution is 5.80. The summed E-state index contributed by atoms with van der Waals surface area (Å²) in [6.45, 7) is 4.81. The number of carbonyl (C=O) groups excluding carboxylic acids is 1. The summed E-state index contributed by atoms with van der Waals surface area (Å²) < 4.78 is 5.34. The Balaban J connectivity index is 1.35. The summed E-state index contributed by atoms with van der Waals surface area (Å²) in [5.41, 5.74) is 2.73. The fraction of sp³-hybridized carbons (Fsp3) is 0.545. The second-order valence-corrected chi connectivity index (χ2v) is 7.46. The Morgan fingerprint density at radius 3 is 2.86 bits per heavy atom. The van der Waals surface area contributed by atoms with Gasteiger partial charge in [0.25, 0.3) is 0 Å². The monoisotopic (exact) mass is 384 g/mol. The molecule has 3 rings (SSSR count). The largest absolute Gasteiger partial charge is 0.377 e. The maximum Gasteiger partial charge on any atom is 0.223 e. The topological polar surface area (TPSA) is 66.0 Å². The number of carbonyl (C=O) groups is 1. The van der Waals surface area contributed by atoms with Crippen molar-refractivity contribution in [3.63, 3.8) is 0 Å². The van der Waals surface area contributed by atoms with Crippen molar-refractivity contribution < 1.29 is 9.53 Å². The van der Waals surface area contributed by atoms with Gasteiger partial charge in [-0.3, -0.25) is 9.79 Å². The van der Waals surface area contributed by atoms with Crippen molar-refractivity contribution in [3.05, 3.63) is 47.5 Å². The minimum Gasteiger partial charge on any atom is -0.377 e. The van der Waals surface area contributed by atoms with E-state index in [1.54, 1.807) is 7.05 Å². The van der Waals surface area contributed by atoms with Crippen LogP contribution in [0.4, 0.5) is 0 Å². The molecule has 1 amide bonds. The zero-order valence-electron chi connectivity index (χ0n) is 16.8. The molecule has 28 heavy (non-hydrogen) atoms. The van der Waals surface area contributed by atoms with Crippen LogP contribution in [0.25, 0.3) is 0 Å². The molecular weight excluding hydrogens is 352 g/mol. The lowest BCUT2D eigenvalue weighted by Crippen LogP contribution is -2.40. The third-order valence-electron chi connectivity index (χ3n) is 5.39. The van der Waals surface area contributed by atoms with Crippen molar-refractivity contribution in [2.45, 2.75) is 25.7 Å². The second kappa shape index (κ2) is 10.9. The Hall–Kier alpha value is -2.34. The number of likely N-dealkylation sites (tertiary alicyclic amines) is 1. The Morgan fingerprint density at radius 2 is 2.11 bits per heavy atom. The number of nitrogens with one attached hydrogen (secondary N) is 2. The second-order valence-electron chi connectivity index (χ2n) is 7.46. The van der Waals surface area contributed by atoms with Gasteiger partial charge >= 0.3 is 0 Å². The minimum atomic E-state index is 0.261. The molecule has 1 aromatic rings. The number of aliphatic imine (C=N–C) groups is 1. The lowest BCUT2D eigenvalue weighted by Gasteiger charge is -2.18. The summed E-state index contributed by atoms with van der Waals surface area (Å²) >= 11 is 0. The SMILES string of the molecule is CN=C(NCCC1=CCOCC1)NCC1CC(=O)N(CCc2ccccc2)C1. The molecule has 1 fully saturated rings. The number of amides is 1. The number of nitrogens with zero attached hydrogens (tertiary/aromatic N) is 2. The summed E-state index contributed by atoms with van der Waals surface area (Å²) in [6.07, 6.45) is 5.74. The van der Waals surface area contributed by atoms with Gasteiger partial charge < -0.3 is 20.3 Å². The highest BCUT2D eigenvalue weighted by atomic mass is 16.5. The summed E-state index contributed by atoms with van der Waals surface area (Å²) in [7, 11) is 1.79. The van der Waals surface area contributed by atoms with Crippen LogP contribution in [-0.4, -0.2) is 63.2 Å². The molecule has 0 bridgehead atoms. The molecule has 2 aliphatic rings. The molecular formula is C22H32N4O2. The van der Waals surface area contributed by atoms with E-state index in [0.29, 0.717) is 12.3 Å². The zero-order chi connectivity index (χ0) is 19.6. The van der Waals surface area contributed by atoms with E-state index >= 15 is 0 Å². The van der Waals surface area contributed by atoms with Gasteiger partial charge in [0.15, 0.2) is 5.96 Å². The Labute approximate surface area is 168 Å². The Bertz CT molecular complexity index is 687. The van der Waals surface area contributed by atoms with E-state index in [1.165, 1.54) is 11.1 Å². The summed E-state index contributed by atoms with van der Waals surface area (Å²) in [5.74, 6) is 1.40. The smallest absolute Gasteiger partial charge is 0.223 e. The first-order valence-electron chi connectivity index (χ1n) is 10.3. The van der Waals surface area contributed by atoms with Crippen molar-refractivity contribution in [2.75, 3.05) is 46.4 Å². The van der Waals surface area contributed by atoms with Crippen molar-refractivity contribution >= 4 is 11.9 Å². The predicted molar refractivity (Wildman–Crippen MR) is 112 cm³/mol. The zero-order valence-corrected chi connectivity index (χ0v) is 16.8. The number of ether oxygens (including phenoxy) is 1. The average molecular weight is 385 g/mol. The van der Waals surface area contributed by atoms with E-state index in [2.05, 4.69) is 33.8 Å². The van der Waals surface area contributed by atoms with Crippen LogP contribution in [0.2, 0.25) is 0 Å². The van der Waals surface area contributed by atoms with Crippen LogP contribution >= 0.6 is 0 Å². The van der Waals surface area contributed by atoms with Gasteiger partial charge in [0.05, 0.1) is 13.2 Å². The van der Waals surface area contributed by atoms with Crippen LogP contribution in [0.1, 0.15) is 24.8 Å². The number of hydrogen-bond acceptors (Lipinski definition) is 3. The lowest BCUT2D eigenvalue weighted by atomic mass is 10.1. The molecule has 0 aromatic heterocycles. The molecule has 2 N–H and O–H groups in total. The Kier molecular flexibility index (Phi) is 7.91. The number of guanidine groups is 1. The maximum absolute atomic E-state index is 12.3. The third kappa shape index (κ3) is 6.37. The number of rotatable bonds is 8. The Morgan fingerprint density at radius 1 is 1.25 bits per heavy atom. The molecule has 0 radical (unpaired) electrons. The highest BCUT2D eigenvalue weighted by Crippen LogP contribution is 2.17. The third-order valence-corrected chi connectivity index (χ3v) is 5.39. The van der Waals surface area contributed by atoms with Crippen LogP contribution in [0.3, 0.4) is 0 Å². The molecule has 6 nitrogen and oxygen atoms in total. The minimum absolute atomic E-state index is 0.261. The maximum atomic E-state index is 12.3. The van der Waals surface area contributed by atoms with Crippen LogP contribution < -0.4 is 10.6 Å². The molecule has 2 heterocycles. The molecule has 0 spiro atoms. The first kappa shape index (κ1) is 20.4. The molecule has 1 aromatic carbocycles. The molecule has 0 saturated carbocycles. The van der Waals surface area contributed by atoms with Gasteiger partial charge in [-0.15, -0.1) is 0 Å². The van der Waals surface area contributed by atoms with Gasteiger partial charge in [-0.1, -0.05) is 42.0 Å². The van der Waals surface area contributed by atoms with Gasteiger partial charge in [-0.2, -0.15) is 0 Å². The van der Waals surface area contributed by atoms with Crippen molar-refractivity contribution in [1.82, 2.24) is 15.5 Å². The van der Waals surface area contributed by atoms with Crippen molar-refractivity contribution in [3.8, 4) is 0 Å². The molecule has 0 aliphatic carbocycles. The van der Waals surface area contributed by atoms with E-state index in [1.807, 2.05) is 23.1 Å². The van der Waals surface area contributed by atoms with Crippen molar-refractivity contribution in [1.29, 1.82) is 0 Å². The molecule has 1 atom stereocenters. The van der Waals surface area contributed by atoms with Crippen LogP contribution in [-0.2, 0) is 16.0 Å². The molecule has 1 saturated heterocycles. The predicted octanol–water partition coefficient (Wildman–Crippen LogP) is 1.98. The summed E-state index contributed by atoms with van der Waals surface area (Å²) in [5, 5.41) is 6.75. The normalized spacial score (nSPS) is 20.2. The first-order chi connectivity index (χ1) is 13.7. The molecule has 6 heteroatoms. The summed E-state index contributed by atoms with van der Waals surface area (Å²) in [4.78, 5) is 18.6. The fourth-order valence-corrected chi connectivity index (χ4v) is 3.71. The molecule has 152 valence electrons. The van der Waals surface area contributed by atoms with Crippen molar-refractivity contribution in [2.24, 2.45) is 10.9 Å². The molecule has 1 unspecified atom stereocenters. The van der Waals surface area contributed by atoms with Gasteiger partial charge in [-0.25, -0.2) is 0 Å². The lowest BCUT2D eigenvalue weighted by molar-refractivity contribution is -0.127. The average Bonchev–Trinajstić information content (AvgIpc) is 3.10. The van der Waals surface area contributed by atoms with Gasteiger partial charge in [0, 0.05) is 45.6 Å².